The van der Waals surface area contributed by atoms with Crippen LogP contribution in [0.5, 0.6) is 17.2 Å². The summed E-state index contributed by atoms with van der Waals surface area (Å²) in [5, 5.41) is 30.1. The van der Waals surface area contributed by atoms with Crippen LogP contribution in [0.1, 0.15) is 54.4 Å². The molecule has 3 heterocycles. The van der Waals surface area contributed by atoms with Crippen LogP contribution in [0.3, 0.4) is 0 Å². The molecule has 0 spiro atoms. The average molecular weight is 857 g/mol. The largest absolute Gasteiger partial charge is 0.492 e. The van der Waals surface area contributed by atoms with E-state index in [4.69, 9.17) is 37.4 Å². The van der Waals surface area contributed by atoms with Crippen molar-refractivity contribution < 1.29 is 47.5 Å². The van der Waals surface area contributed by atoms with Crippen LogP contribution < -0.4 is 14.2 Å². The van der Waals surface area contributed by atoms with E-state index in [1.165, 1.54) is 18.5 Å². The first-order chi connectivity index (χ1) is 27.7. The molecule has 2 fully saturated rings. The third kappa shape index (κ3) is 10.6. The zero-order valence-corrected chi connectivity index (χ0v) is 34.6. The summed E-state index contributed by atoms with van der Waals surface area (Å²) in [6.45, 7) is 4.06. The minimum atomic E-state index is -3.49. The molecule has 0 aliphatic carbocycles. The minimum absolute atomic E-state index is 0.00868. The Morgan fingerprint density at radius 3 is 2.36 bits per heavy atom. The summed E-state index contributed by atoms with van der Waals surface area (Å²) < 4.78 is 43.0. The van der Waals surface area contributed by atoms with E-state index in [1.807, 2.05) is 42.2 Å². The van der Waals surface area contributed by atoms with Crippen molar-refractivity contribution in [2.75, 3.05) is 32.5 Å². The van der Waals surface area contributed by atoms with E-state index in [0.717, 1.165) is 41.4 Å². The molecule has 310 valence electrons. The Kier molecular flexibility index (Phi) is 14.2. The molecule has 0 saturated carbocycles. The van der Waals surface area contributed by atoms with Gasteiger partial charge in [-0.1, -0.05) is 60.0 Å². The van der Waals surface area contributed by atoms with Gasteiger partial charge in [0.15, 0.2) is 9.84 Å². The van der Waals surface area contributed by atoms with Crippen LogP contribution >= 0.6 is 23.2 Å². The van der Waals surface area contributed by atoms with Crippen LogP contribution in [-0.4, -0.2) is 101 Å². The monoisotopic (exact) mass is 855 g/mol. The van der Waals surface area contributed by atoms with Crippen molar-refractivity contribution >= 4 is 45.0 Å². The number of benzene rings is 3. The van der Waals surface area contributed by atoms with Gasteiger partial charge in [-0.3, -0.25) is 24.4 Å². The second kappa shape index (κ2) is 19.1. The summed E-state index contributed by atoms with van der Waals surface area (Å²) in [5.74, 6) is -0.585. The number of aliphatic hydroxyl groups is 1. The van der Waals surface area contributed by atoms with Gasteiger partial charge in [0.1, 0.15) is 42.5 Å². The standard InChI is InChI=1S/C42H47Cl2N3O10S/c1-26-28(8-5-9-32(26)33-10-6-12-37(40(33)44)55-15-7-14-47-23-30(48)18-36(47)42(51)52)25-57-39-19-38(56-24-27-16-31(21-45-20-27)58(2,53)54)29(17-34(39)43)22-46-13-4-3-11-35(46)41(49)50/h5-6,8-10,12,16-17,19-21,30,35-36,48H,3-4,7,11,13-15,18,22-25H2,1-2H3,(H,49,50)(H,51,52)/t30-,35?,36+/m1/s1. The first-order valence-electron chi connectivity index (χ1n) is 19.0. The average Bonchev–Trinajstić information content (AvgIpc) is 3.57. The molecule has 6 rings (SSSR count). The topological polar surface area (TPSA) is 176 Å². The highest BCUT2D eigenvalue weighted by Crippen LogP contribution is 2.39. The predicted molar refractivity (Wildman–Crippen MR) is 219 cm³/mol. The zero-order valence-electron chi connectivity index (χ0n) is 32.3. The van der Waals surface area contributed by atoms with Gasteiger partial charge in [0.05, 0.1) is 27.7 Å². The van der Waals surface area contributed by atoms with Crippen LogP contribution in [0, 0.1) is 6.92 Å². The molecule has 3 N–H and O–H groups in total. The van der Waals surface area contributed by atoms with Crippen molar-refractivity contribution in [2.24, 2.45) is 0 Å². The molecule has 0 radical (unpaired) electrons. The van der Waals surface area contributed by atoms with Gasteiger partial charge in [0, 0.05) is 67.5 Å². The summed E-state index contributed by atoms with van der Waals surface area (Å²) in [5.41, 5.74) is 4.61. The molecule has 2 aliphatic heterocycles. The van der Waals surface area contributed by atoms with Gasteiger partial charge in [-0.05, 0) is 67.6 Å². The number of carbonyl (C=O) groups is 2. The molecular formula is C42H47Cl2N3O10S. The number of β-amino-alcohol motifs (C(OH)–C–C–N with tert-alkyl or cyclic N) is 1. The van der Waals surface area contributed by atoms with Gasteiger partial charge in [0.25, 0.3) is 0 Å². The van der Waals surface area contributed by atoms with E-state index < -0.39 is 40.0 Å². The molecule has 58 heavy (non-hydrogen) atoms. The number of likely N-dealkylation sites (tertiary alicyclic amines) is 2. The van der Waals surface area contributed by atoms with E-state index in [1.54, 1.807) is 23.1 Å². The van der Waals surface area contributed by atoms with Crippen LogP contribution in [-0.2, 0) is 39.2 Å². The Bertz CT molecular complexity index is 2240. The maximum Gasteiger partial charge on any atom is 0.321 e. The number of ether oxygens (including phenoxy) is 3. The maximum absolute atomic E-state index is 12.2. The second-order valence-corrected chi connectivity index (χ2v) is 17.5. The Morgan fingerprint density at radius 1 is 0.862 bits per heavy atom. The number of carboxylic acid groups (broad SMARTS) is 2. The summed E-state index contributed by atoms with van der Waals surface area (Å²) in [6.07, 6.45) is 6.24. The van der Waals surface area contributed by atoms with E-state index in [0.29, 0.717) is 77.5 Å². The van der Waals surface area contributed by atoms with E-state index in [9.17, 15) is 33.3 Å². The number of sulfone groups is 1. The van der Waals surface area contributed by atoms with Crippen LogP contribution in [0.2, 0.25) is 10.0 Å². The number of rotatable bonds is 17. The van der Waals surface area contributed by atoms with Crippen molar-refractivity contribution in [3.05, 3.63) is 99.3 Å². The fourth-order valence-corrected chi connectivity index (χ4v) is 8.62. The van der Waals surface area contributed by atoms with Crippen molar-refractivity contribution in [3.63, 3.8) is 0 Å². The predicted octanol–water partition coefficient (Wildman–Crippen LogP) is 6.65. The van der Waals surface area contributed by atoms with Crippen molar-refractivity contribution in [3.8, 4) is 28.4 Å². The summed E-state index contributed by atoms with van der Waals surface area (Å²) in [7, 11) is -3.49. The van der Waals surface area contributed by atoms with Gasteiger partial charge < -0.3 is 29.5 Å². The molecule has 1 aromatic heterocycles. The summed E-state index contributed by atoms with van der Waals surface area (Å²) in [4.78, 5) is 31.5. The summed E-state index contributed by atoms with van der Waals surface area (Å²) in [6, 6.07) is 14.9. The van der Waals surface area contributed by atoms with E-state index in [2.05, 4.69) is 4.98 Å². The number of halogens is 2. The van der Waals surface area contributed by atoms with Gasteiger partial charge in [-0.15, -0.1) is 0 Å². The fraction of sp³-hybridized carbons (Fsp3) is 0.405. The summed E-state index contributed by atoms with van der Waals surface area (Å²) >= 11 is 13.7. The van der Waals surface area contributed by atoms with Crippen LogP contribution in [0.15, 0.2) is 71.9 Å². The lowest BCUT2D eigenvalue weighted by Crippen LogP contribution is -2.44. The molecular weight excluding hydrogens is 809 g/mol. The highest BCUT2D eigenvalue weighted by molar-refractivity contribution is 7.90. The molecule has 0 bridgehead atoms. The SMILES string of the molecule is Cc1c(COc2cc(OCc3cncc(S(C)(=O)=O)c3)c(CN3CCCCC3C(=O)O)cc2Cl)cccc1-c1cccc(OCCCN2C[C@H](O)C[C@H]2C(=O)O)c1Cl. The first-order valence-corrected chi connectivity index (χ1v) is 21.7. The first kappa shape index (κ1) is 43.1. The molecule has 13 nitrogen and oxygen atoms in total. The Balaban J connectivity index is 1.18. The maximum atomic E-state index is 12.2. The van der Waals surface area contributed by atoms with Gasteiger partial charge in [-0.2, -0.15) is 0 Å². The lowest BCUT2D eigenvalue weighted by molar-refractivity contribution is -0.145. The van der Waals surface area contributed by atoms with Gasteiger partial charge >= 0.3 is 11.9 Å². The van der Waals surface area contributed by atoms with Gasteiger partial charge in [-0.25, -0.2) is 8.42 Å². The van der Waals surface area contributed by atoms with Gasteiger partial charge in [0.2, 0.25) is 0 Å². The highest BCUT2D eigenvalue weighted by atomic mass is 35.5. The number of aromatic nitrogens is 1. The Hall–Kier alpha value is -4.44. The molecule has 3 aromatic carbocycles. The molecule has 2 saturated heterocycles. The Morgan fingerprint density at radius 2 is 1.60 bits per heavy atom. The highest BCUT2D eigenvalue weighted by Gasteiger charge is 2.35. The third-order valence-electron chi connectivity index (χ3n) is 10.6. The number of pyridine rings is 1. The number of hydrogen-bond donors (Lipinski definition) is 3. The molecule has 2 aliphatic rings. The van der Waals surface area contributed by atoms with Crippen LogP contribution in [0.25, 0.3) is 11.1 Å². The zero-order chi connectivity index (χ0) is 41.6. The number of aliphatic carboxylic acids is 2. The number of nitrogens with zero attached hydrogens (tertiary/aromatic N) is 3. The number of carboxylic acids is 2. The van der Waals surface area contributed by atoms with Crippen molar-refractivity contribution in [1.29, 1.82) is 0 Å². The molecule has 1 unspecified atom stereocenters. The lowest BCUT2D eigenvalue weighted by atomic mass is 9.96. The second-order valence-electron chi connectivity index (χ2n) is 14.7. The number of piperidine rings is 1. The fourth-order valence-electron chi connectivity index (χ4n) is 7.48. The molecule has 16 heteroatoms. The lowest BCUT2D eigenvalue weighted by Gasteiger charge is -2.33. The minimum Gasteiger partial charge on any atom is -0.492 e. The molecule has 4 aromatic rings. The Labute approximate surface area is 348 Å². The van der Waals surface area contributed by atoms with Crippen LogP contribution in [0.4, 0.5) is 0 Å². The quantitative estimate of drug-likeness (QED) is 0.0964. The van der Waals surface area contributed by atoms with E-state index >= 15 is 0 Å². The molecule has 0 amide bonds. The third-order valence-corrected chi connectivity index (χ3v) is 12.3. The van der Waals surface area contributed by atoms with Crippen molar-refractivity contribution in [2.45, 2.75) is 81.9 Å². The number of aliphatic hydroxyl groups excluding tert-OH is 1. The normalized spacial score (nSPS) is 18.9. The molecule has 3 atom stereocenters. The number of hydrogen-bond acceptors (Lipinski definition) is 11. The van der Waals surface area contributed by atoms with Crippen molar-refractivity contribution in [1.82, 2.24) is 14.8 Å². The van der Waals surface area contributed by atoms with E-state index in [-0.39, 0.29) is 31.1 Å². The smallest absolute Gasteiger partial charge is 0.321 e.